The second-order valence-corrected chi connectivity index (χ2v) is 7.02. The van der Waals surface area contributed by atoms with Crippen molar-refractivity contribution in [3.63, 3.8) is 0 Å². The molecule has 0 aliphatic heterocycles. The number of pyridine rings is 1. The van der Waals surface area contributed by atoms with Crippen LogP contribution < -0.4 is 5.32 Å². The summed E-state index contributed by atoms with van der Waals surface area (Å²) >= 11 is 1.44. The van der Waals surface area contributed by atoms with Gasteiger partial charge in [0.15, 0.2) is 5.82 Å². The fourth-order valence-corrected chi connectivity index (χ4v) is 3.33. The van der Waals surface area contributed by atoms with Crippen LogP contribution in [0.4, 0.5) is 15.3 Å². The van der Waals surface area contributed by atoms with Crippen LogP contribution in [0.1, 0.15) is 29.4 Å². The number of hydrogen-bond acceptors (Lipinski definition) is 7. The highest BCUT2D eigenvalue weighted by atomic mass is 32.1. The fraction of sp³-hybridized carbons (Fsp3) is 0.235. The van der Waals surface area contributed by atoms with Crippen molar-refractivity contribution in [3.05, 3.63) is 65.1 Å². The second kappa shape index (κ2) is 7.23. The van der Waals surface area contributed by atoms with E-state index in [1.54, 1.807) is 29.2 Å². The summed E-state index contributed by atoms with van der Waals surface area (Å²) < 4.78 is 17.2. The van der Waals surface area contributed by atoms with Gasteiger partial charge in [-0.05, 0) is 32.0 Å². The van der Waals surface area contributed by atoms with Crippen molar-refractivity contribution in [3.8, 4) is 0 Å². The van der Waals surface area contributed by atoms with Crippen molar-refractivity contribution in [2.45, 2.75) is 26.4 Å². The Hall–Kier alpha value is -3.14. The Bertz CT molecular complexity index is 1050. The van der Waals surface area contributed by atoms with E-state index in [4.69, 9.17) is 0 Å². The first-order valence-electron chi connectivity index (χ1n) is 8.33. The quantitative estimate of drug-likeness (QED) is 0.549. The van der Waals surface area contributed by atoms with Crippen LogP contribution in [0.25, 0.3) is 0 Å². The average Bonchev–Trinajstić information content (AvgIpc) is 3.39. The predicted molar refractivity (Wildman–Crippen MR) is 99.5 cm³/mol. The van der Waals surface area contributed by atoms with Gasteiger partial charge in [0.1, 0.15) is 16.9 Å². The number of anilines is 2. The summed E-state index contributed by atoms with van der Waals surface area (Å²) in [5, 5.41) is 21.8. The molecule has 138 valence electrons. The van der Waals surface area contributed by atoms with Gasteiger partial charge in [-0.2, -0.15) is 10.2 Å². The lowest BCUT2D eigenvalue weighted by atomic mass is 10.3. The number of nitrogens with one attached hydrogen (secondary N) is 1. The van der Waals surface area contributed by atoms with Crippen molar-refractivity contribution < 1.29 is 4.39 Å². The van der Waals surface area contributed by atoms with E-state index in [1.165, 1.54) is 17.4 Å². The summed E-state index contributed by atoms with van der Waals surface area (Å²) in [6.07, 6.45) is 5.24. The van der Waals surface area contributed by atoms with E-state index in [9.17, 15) is 4.39 Å². The highest BCUT2D eigenvalue weighted by molar-refractivity contribution is 7.15. The molecular weight excluding hydrogens is 367 g/mol. The molecule has 0 amide bonds. The fourth-order valence-electron chi connectivity index (χ4n) is 2.53. The molecule has 4 heterocycles. The minimum atomic E-state index is -0.348. The zero-order valence-electron chi connectivity index (χ0n) is 14.7. The van der Waals surface area contributed by atoms with E-state index >= 15 is 0 Å². The van der Waals surface area contributed by atoms with Gasteiger partial charge in [-0.15, -0.1) is 10.2 Å². The Kier molecular flexibility index (Phi) is 4.63. The van der Waals surface area contributed by atoms with Crippen LogP contribution in [0.3, 0.4) is 0 Å². The molecule has 4 aromatic rings. The highest BCUT2D eigenvalue weighted by Crippen LogP contribution is 2.26. The lowest BCUT2D eigenvalue weighted by Gasteiger charge is -2.07. The predicted octanol–water partition coefficient (Wildman–Crippen LogP) is 3.17. The van der Waals surface area contributed by atoms with Crippen molar-refractivity contribution >= 4 is 22.3 Å². The molecule has 0 saturated carbocycles. The van der Waals surface area contributed by atoms with E-state index in [2.05, 4.69) is 30.7 Å². The zero-order chi connectivity index (χ0) is 18.8. The highest BCUT2D eigenvalue weighted by Gasteiger charge is 2.15. The van der Waals surface area contributed by atoms with Crippen molar-refractivity contribution in [2.24, 2.45) is 0 Å². The number of hydrogen-bond donors (Lipinski definition) is 1. The molecule has 8 nitrogen and oxygen atoms in total. The molecule has 1 atom stereocenters. The molecule has 0 aliphatic carbocycles. The molecule has 0 saturated heterocycles. The Morgan fingerprint density at radius 3 is 2.85 bits per heavy atom. The van der Waals surface area contributed by atoms with Gasteiger partial charge in [0.05, 0.1) is 17.9 Å². The zero-order valence-corrected chi connectivity index (χ0v) is 15.6. The van der Waals surface area contributed by atoms with Crippen LogP contribution in [0.15, 0.2) is 42.9 Å². The first-order valence-corrected chi connectivity index (χ1v) is 9.15. The van der Waals surface area contributed by atoms with Crippen LogP contribution in [0, 0.1) is 12.7 Å². The maximum absolute atomic E-state index is 13.7. The molecule has 0 aromatic carbocycles. The Morgan fingerprint density at radius 1 is 1.19 bits per heavy atom. The lowest BCUT2D eigenvalue weighted by Crippen LogP contribution is -2.07. The van der Waals surface area contributed by atoms with Crippen molar-refractivity contribution in [1.29, 1.82) is 0 Å². The number of aromatic nitrogens is 7. The SMILES string of the molecule is Cc1ccn([C@H](C)c2nnc(Nc3ccn(Cc4ncccc4F)n3)s2)n1. The van der Waals surface area contributed by atoms with Gasteiger partial charge < -0.3 is 5.32 Å². The summed E-state index contributed by atoms with van der Waals surface area (Å²) in [6, 6.07) is 6.69. The molecule has 4 rings (SSSR count). The van der Waals surface area contributed by atoms with Crippen molar-refractivity contribution in [2.75, 3.05) is 5.32 Å². The Labute approximate surface area is 158 Å². The molecule has 0 radical (unpaired) electrons. The van der Waals surface area contributed by atoms with E-state index in [0.29, 0.717) is 16.6 Å². The number of halogens is 1. The number of nitrogens with zero attached hydrogens (tertiary/aromatic N) is 7. The van der Waals surface area contributed by atoms with Gasteiger partial charge >= 0.3 is 0 Å². The van der Waals surface area contributed by atoms with Gasteiger partial charge in [-0.1, -0.05) is 11.3 Å². The Balaban J connectivity index is 1.44. The minimum Gasteiger partial charge on any atom is -0.313 e. The molecule has 0 unspecified atom stereocenters. The first kappa shape index (κ1) is 17.3. The summed E-state index contributed by atoms with van der Waals surface area (Å²) in [7, 11) is 0. The summed E-state index contributed by atoms with van der Waals surface area (Å²) in [6.45, 7) is 4.22. The Morgan fingerprint density at radius 2 is 2.07 bits per heavy atom. The van der Waals surface area contributed by atoms with Gasteiger partial charge in [0.2, 0.25) is 5.13 Å². The summed E-state index contributed by atoms with van der Waals surface area (Å²) in [4.78, 5) is 4.04. The number of aryl methyl sites for hydroxylation is 1. The van der Waals surface area contributed by atoms with Gasteiger partial charge in [-0.3, -0.25) is 14.3 Å². The van der Waals surface area contributed by atoms with Crippen LogP contribution in [-0.4, -0.2) is 34.7 Å². The van der Waals surface area contributed by atoms with Crippen LogP contribution >= 0.6 is 11.3 Å². The van der Waals surface area contributed by atoms with Crippen LogP contribution in [-0.2, 0) is 6.54 Å². The van der Waals surface area contributed by atoms with Gasteiger partial charge in [0.25, 0.3) is 0 Å². The third kappa shape index (κ3) is 3.85. The maximum atomic E-state index is 13.7. The molecular formula is C17H17FN8S. The van der Waals surface area contributed by atoms with Gasteiger partial charge in [-0.25, -0.2) is 4.39 Å². The van der Waals surface area contributed by atoms with E-state index < -0.39 is 0 Å². The molecule has 1 N–H and O–H groups in total. The third-order valence-electron chi connectivity index (χ3n) is 3.96. The van der Waals surface area contributed by atoms with Gasteiger partial charge in [0, 0.05) is 24.7 Å². The summed E-state index contributed by atoms with van der Waals surface area (Å²) in [5.41, 5.74) is 1.30. The van der Waals surface area contributed by atoms with Crippen LogP contribution in [0.2, 0.25) is 0 Å². The number of rotatable bonds is 6. The van der Waals surface area contributed by atoms with E-state index in [0.717, 1.165) is 10.7 Å². The van der Waals surface area contributed by atoms with Crippen molar-refractivity contribution in [1.82, 2.24) is 34.7 Å². The molecule has 10 heteroatoms. The third-order valence-corrected chi connectivity index (χ3v) is 4.97. The first-order chi connectivity index (χ1) is 13.1. The van der Waals surface area contributed by atoms with Crippen LogP contribution in [0.5, 0.6) is 0 Å². The minimum absolute atomic E-state index is 0.00330. The topological polar surface area (TPSA) is 86.3 Å². The largest absolute Gasteiger partial charge is 0.313 e. The molecule has 0 aliphatic rings. The smallest absolute Gasteiger partial charge is 0.211 e. The molecule has 0 spiro atoms. The van der Waals surface area contributed by atoms with E-state index in [-0.39, 0.29) is 18.4 Å². The molecule has 0 bridgehead atoms. The standard InChI is InChI=1S/C17H17FN8S/c1-11-5-9-26(23-11)12(2)16-21-22-17(27-16)20-15-6-8-25(24-15)10-14-13(18)4-3-7-19-14/h3-9,12H,10H2,1-2H3,(H,20,22,24)/t12-/m1/s1. The monoisotopic (exact) mass is 384 g/mol. The molecule has 0 fully saturated rings. The maximum Gasteiger partial charge on any atom is 0.211 e. The lowest BCUT2D eigenvalue weighted by molar-refractivity contribution is 0.554. The normalized spacial score (nSPS) is 12.3. The van der Waals surface area contributed by atoms with E-state index in [1.807, 2.05) is 30.8 Å². The average molecular weight is 384 g/mol. The molecule has 4 aromatic heterocycles. The molecule has 27 heavy (non-hydrogen) atoms. The summed E-state index contributed by atoms with van der Waals surface area (Å²) in [5.74, 6) is 0.260. The second-order valence-electron chi connectivity index (χ2n) is 6.01.